The fraction of sp³-hybridized carbons (Fsp3) is 0.412. The molecular formula is C17H22N2O3Se. The summed E-state index contributed by atoms with van der Waals surface area (Å²) in [5, 5.41) is 0. The van der Waals surface area contributed by atoms with Gasteiger partial charge in [0.05, 0.1) is 0 Å². The maximum atomic E-state index is 12.2. The molecule has 0 spiro atoms. The van der Waals surface area contributed by atoms with E-state index in [1.54, 1.807) is 4.57 Å². The van der Waals surface area contributed by atoms with Crippen molar-refractivity contribution in [3.8, 4) is 0 Å². The molecule has 0 bridgehead atoms. The molecule has 0 atom stereocenters. The van der Waals surface area contributed by atoms with Gasteiger partial charge in [-0.15, -0.1) is 0 Å². The number of hydrogen-bond acceptors (Lipinski definition) is 3. The number of aromatic amines is 1. The van der Waals surface area contributed by atoms with Crippen LogP contribution in [0.1, 0.15) is 30.5 Å². The first-order valence-electron chi connectivity index (χ1n) is 7.66. The van der Waals surface area contributed by atoms with Crippen LogP contribution < -0.4 is 20.3 Å². The Bertz CT molecular complexity index is 788. The van der Waals surface area contributed by atoms with Crippen LogP contribution in [0.5, 0.6) is 0 Å². The number of ether oxygens (including phenoxy) is 1. The Labute approximate surface area is 141 Å². The Hall–Kier alpha value is -1.62. The Kier molecular flexibility index (Phi) is 5.99. The Morgan fingerprint density at radius 2 is 1.78 bits per heavy atom. The van der Waals surface area contributed by atoms with Crippen LogP contribution >= 0.6 is 0 Å². The van der Waals surface area contributed by atoms with Crippen molar-refractivity contribution in [1.82, 2.24) is 9.55 Å². The van der Waals surface area contributed by atoms with Crippen molar-refractivity contribution < 1.29 is 4.74 Å². The van der Waals surface area contributed by atoms with E-state index in [0.29, 0.717) is 18.6 Å². The van der Waals surface area contributed by atoms with Crippen LogP contribution in [0.25, 0.3) is 0 Å². The molecular weight excluding hydrogens is 359 g/mol. The molecule has 124 valence electrons. The molecule has 0 aliphatic heterocycles. The first-order chi connectivity index (χ1) is 11.0. The summed E-state index contributed by atoms with van der Waals surface area (Å²) in [5.41, 5.74) is 2.35. The van der Waals surface area contributed by atoms with E-state index in [9.17, 15) is 9.59 Å². The van der Waals surface area contributed by atoms with Crippen molar-refractivity contribution in [2.75, 3.05) is 6.61 Å². The topological polar surface area (TPSA) is 64.1 Å². The van der Waals surface area contributed by atoms with Gasteiger partial charge in [0, 0.05) is 0 Å². The minimum absolute atomic E-state index is 0.132. The molecule has 1 aromatic heterocycles. The van der Waals surface area contributed by atoms with Gasteiger partial charge in [-0.1, -0.05) is 0 Å². The monoisotopic (exact) mass is 382 g/mol. The molecule has 0 unspecified atom stereocenters. The van der Waals surface area contributed by atoms with Crippen molar-refractivity contribution in [1.29, 1.82) is 0 Å². The molecule has 0 aliphatic rings. The van der Waals surface area contributed by atoms with E-state index in [-0.39, 0.29) is 27.2 Å². The predicted molar refractivity (Wildman–Crippen MR) is 93.3 cm³/mol. The molecule has 2 rings (SSSR count). The summed E-state index contributed by atoms with van der Waals surface area (Å²) >= 11 is -0.132. The van der Waals surface area contributed by atoms with Gasteiger partial charge in [0.25, 0.3) is 0 Å². The van der Waals surface area contributed by atoms with Gasteiger partial charge in [-0.05, 0) is 0 Å². The summed E-state index contributed by atoms with van der Waals surface area (Å²) in [6, 6.07) is 6.34. The molecule has 1 heterocycles. The number of aryl methyl sites for hydroxylation is 2. The van der Waals surface area contributed by atoms with Gasteiger partial charge in [-0.3, -0.25) is 0 Å². The van der Waals surface area contributed by atoms with Crippen molar-refractivity contribution in [2.45, 2.75) is 40.8 Å². The van der Waals surface area contributed by atoms with Crippen molar-refractivity contribution >= 4 is 24.0 Å². The third-order valence-electron chi connectivity index (χ3n) is 3.43. The molecule has 0 saturated heterocycles. The normalized spacial score (nSPS) is 11.0. The van der Waals surface area contributed by atoms with Gasteiger partial charge in [0.15, 0.2) is 0 Å². The standard InChI is InChI=1S/C17H22N2O3Se/c1-5-14-15(20)18-17(21)19(10-22-6-2)16(14)23-13-8-11(3)7-12(4)9-13/h7-9H,5-6,10H2,1-4H3,(H,18,20,21). The number of aromatic nitrogens is 2. The summed E-state index contributed by atoms with van der Waals surface area (Å²) < 4.78 is 8.92. The molecule has 6 heteroatoms. The van der Waals surface area contributed by atoms with Crippen LogP contribution in [0.3, 0.4) is 0 Å². The summed E-state index contributed by atoms with van der Waals surface area (Å²) in [6.07, 6.45) is 0.587. The SMILES string of the molecule is CCOCn1c([Se]c2cc(C)cc(C)c2)c(CC)c(=O)[nH]c1=O. The zero-order valence-corrected chi connectivity index (χ0v) is 15.6. The molecule has 5 nitrogen and oxygen atoms in total. The summed E-state index contributed by atoms with van der Waals surface area (Å²) in [6.45, 7) is 8.61. The van der Waals surface area contributed by atoms with E-state index in [0.717, 1.165) is 9.05 Å². The zero-order valence-electron chi connectivity index (χ0n) is 13.9. The van der Waals surface area contributed by atoms with Gasteiger partial charge in [-0.25, -0.2) is 0 Å². The Morgan fingerprint density at radius 3 is 2.35 bits per heavy atom. The van der Waals surface area contributed by atoms with Crippen LogP contribution in [-0.2, 0) is 17.9 Å². The summed E-state index contributed by atoms with van der Waals surface area (Å²) in [5.74, 6) is 0. The summed E-state index contributed by atoms with van der Waals surface area (Å²) in [4.78, 5) is 26.7. The first kappa shape index (κ1) is 17.7. The van der Waals surface area contributed by atoms with E-state index < -0.39 is 5.69 Å². The van der Waals surface area contributed by atoms with Gasteiger partial charge in [0.1, 0.15) is 0 Å². The zero-order chi connectivity index (χ0) is 17.0. The fourth-order valence-electron chi connectivity index (χ4n) is 2.42. The third-order valence-corrected chi connectivity index (χ3v) is 5.80. The number of nitrogens with one attached hydrogen (secondary N) is 1. The van der Waals surface area contributed by atoms with E-state index in [2.05, 4.69) is 37.0 Å². The molecule has 0 fully saturated rings. The Balaban J connectivity index is 2.57. The first-order valence-corrected chi connectivity index (χ1v) is 9.37. The second kappa shape index (κ2) is 7.77. The van der Waals surface area contributed by atoms with Gasteiger partial charge in [0.2, 0.25) is 0 Å². The minimum atomic E-state index is -0.401. The number of rotatable bonds is 6. The van der Waals surface area contributed by atoms with Crippen molar-refractivity contribution in [2.24, 2.45) is 0 Å². The van der Waals surface area contributed by atoms with Crippen molar-refractivity contribution in [3.63, 3.8) is 0 Å². The van der Waals surface area contributed by atoms with Crippen molar-refractivity contribution in [3.05, 3.63) is 55.7 Å². The number of nitrogens with zero attached hydrogens (tertiary/aromatic N) is 1. The van der Waals surface area contributed by atoms with Crippen LogP contribution in [0, 0.1) is 13.8 Å². The van der Waals surface area contributed by atoms with Gasteiger partial charge >= 0.3 is 141 Å². The van der Waals surface area contributed by atoms with Crippen LogP contribution in [0.15, 0.2) is 27.8 Å². The quantitative estimate of drug-likeness (QED) is 0.736. The van der Waals surface area contributed by atoms with Gasteiger partial charge < -0.3 is 0 Å². The number of hydrogen-bond donors (Lipinski definition) is 1. The van der Waals surface area contributed by atoms with Crippen LogP contribution in [0.2, 0.25) is 0 Å². The molecule has 1 N–H and O–H groups in total. The van der Waals surface area contributed by atoms with Gasteiger partial charge in [-0.2, -0.15) is 0 Å². The van der Waals surface area contributed by atoms with E-state index in [1.807, 2.05) is 13.8 Å². The fourth-order valence-corrected chi connectivity index (χ4v) is 5.19. The third kappa shape index (κ3) is 4.22. The molecule has 0 radical (unpaired) electrons. The van der Waals surface area contributed by atoms with Crippen LogP contribution in [-0.4, -0.2) is 31.1 Å². The average Bonchev–Trinajstić information content (AvgIpc) is 2.46. The second-order valence-corrected chi connectivity index (χ2v) is 7.60. The molecule has 0 amide bonds. The molecule has 0 saturated carbocycles. The molecule has 2 aromatic rings. The predicted octanol–water partition coefficient (Wildman–Crippen LogP) is 0.365. The molecule has 0 aliphatic carbocycles. The number of benzene rings is 1. The molecule has 1 aromatic carbocycles. The average molecular weight is 381 g/mol. The van der Waals surface area contributed by atoms with E-state index in [1.165, 1.54) is 11.1 Å². The molecule has 23 heavy (non-hydrogen) atoms. The Morgan fingerprint density at radius 1 is 1.13 bits per heavy atom. The second-order valence-electron chi connectivity index (χ2n) is 5.37. The number of H-pyrrole nitrogens is 1. The van der Waals surface area contributed by atoms with E-state index in [4.69, 9.17) is 4.74 Å². The summed E-state index contributed by atoms with van der Waals surface area (Å²) in [7, 11) is 0. The van der Waals surface area contributed by atoms with Crippen LogP contribution in [0.4, 0.5) is 0 Å². The van der Waals surface area contributed by atoms with E-state index >= 15 is 0 Å². The maximum absolute atomic E-state index is 12.2.